The first-order valence-electron chi connectivity index (χ1n) is 10.2. The van der Waals surface area contributed by atoms with E-state index in [1.807, 2.05) is 70.6 Å². The van der Waals surface area contributed by atoms with Crippen LogP contribution in [0, 0.1) is 0 Å². The third kappa shape index (κ3) is 2.71. The molecule has 31 heavy (non-hydrogen) atoms. The number of aliphatic imine (C=N–C) groups is 1. The van der Waals surface area contributed by atoms with Crippen molar-refractivity contribution in [3.05, 3.63) is 66.4 Å². The number of amides is 3. The number of carbonyl (C=O) groups is 2. The van der Waals surface area contributed by atoms with Gasteiger partial charge in [-0.25, -0.2) is 9.79 Å². The molecule has 3 aliphatic rings. The minimum atomic E-state index is -0.601. The van der Waals surface area contributed by atoms with Crippen molar-refractivity contribution in [2.75, 3.05) is 25.6 Å². The Bertz CT molecular complexity index is 1110. The molecule has 2 atom stereocenters. The van der Waals surface area contributed by atoms with Crippen LogP contribution < -0.4 is 9.64 Å². The second kappa shape index (κ2) is 7.16. The van der Waals surface area contributed by atoms with E-state index in [-0.39, 0.29) is 11.9 Å². The van der Waals surface area contributed by atoms with Gasteiger partial charge in [0, 0.05) is 25.4 Å². The smallest absolute Gasteiger partial charge is 0.328 e. The predicted molar refractivity (Wildman–Crippen MR) is 117 cm³/mol. The highest BCUT2D eigenvalue weighted by Gasteiger charge is 2.54. The largest absolute Gasteiger partial charge is 0.495 e. The molecule has 8 heteroatoms. The molecule has 5 rings (SSSR count). The average Bonchev–Trinajstić information content (AvgIpc) is 3.35. The molecule has 3 aliphatic heterocycles. The van der Waals surface area contributed by atoms with Gasteiger partial charge in [-0.1, -0.05) is 42.5 Å². The van der Waals surface area contributed by atoms with Crippen molar-refractivity contribution in [1.29, 1.82) is 0 Å². The number of para-hydroxylation sites is 2. The van der Waals surface area contributed by atoms with Crippen LogP contribution in [0.4, 0.5) is 10.5 Å². The van der Waals surface area contributed by atoms with E-state index in [9.17, 15) is 9.59 Å². The van der Waals surface area contributed by atoms with E-state index >= 15 is 0 Å². The molecule has 2 unspecified atom stereocenters. The van der Waals surface area contributed by atoms with Crippen molar-refractivity contribution in [3.8, 4) is 5.75 Å². The van der Waals surface area contributed by atoms with Crippen LogP contribution in [-0.2, 0) is 4.79 Å². The third-order valence-corrected chi connectivity index (χ3v) is 5.92. The van der Waals surface area contributed by atoms with Gasteiger partial charge < -0.3 is 9.64 Å². The summed E-state index contributed by atoms with van der Waals surface area (Å²) >= 11 is 0. The maximum Gasteiger partial charge on any atom is 0.328 e. The van der Waals surface area contributed by atoms with Crippen molar-refractivity contribution in [3.63, 3.8) is 0 Å². The molecule has 2 aromatic carbocycles. The number of anilines is 1. The van der Waals surface area contributed by atoms with Gasteiger partial charge in [0.2, 0.25) is 5.96 Å². The average molecular weight is 417 g/mol. The summed E-state index contributed by atoms with van der Waals surface area (Å²) in [4.78, 5) is 37.4. The monoisotopic (exact) mass is 417 g/mol. The fourth-order valence-electron chi connectivity index (χ4n) is 4.39. The fraction of sp³-hybridized carbons (Fsp3) is 0.261. The quantitative estimate of drug-likeness (QED) is 0.765. The topological polar surface area (TPSA) is 68.7 Å². The van der Waals surface area contributed by atoms with Crippen molar-refractivity contribution in [1.82, 2.24) is 14.7 Å². The molecule has 3 amide bonds. The number of hydrogen-bond acceptors (Lipinski definition) is 6. The molecule has 1 saturated heterocycles. The Morgan fingerprint density at radius 2 is 1.74 bits per heavy atom. The van der Waals surface area contributed by atoms with Crippen LogP contribution in [-0.4, -0.2) is 65.5 Å². The number of fused-ring (bicyclic) bond motifs is 3. The number of carbonyl (C=O) groups excluding carboxylic acids is 2. The van der Waals surface area contributed by atoms with Crippen LogP contribution in [0.5, 0.6) is 5.75 Å². The second-order valence-electron chi connectivity index (χ2n) is 7.56. The minimum Gasteiger partial charge on any atom is -0.495 e. The number of likely N-dealkylation sites (N-methyl/N-ethyl adjacent to an activating group) is 2. The predicted octanol–water partition coefficient (Wildman–Crippen LogP) is 2.79. The molecule has 0 aromatic heterocycles. The van der Waals surface area contributed by atoms with Crippen LogP contribution >= 0.6 is 0 Å². The molecule has 0 spiro atoms. The van der Waals surface area contributed by atoms with Crippen LogP contribution in [0.25, 0.3) is 5.70 Å². The van der Waals surface area contributed by atoms with Gasteiger partial charge in [0.25, 0.3) is 5.91 Å². The van der Waals surface area contributed by atoms with E-state index < -0.39 is 12.2 Å². The molecule has 158 valence electrons. The molecule has 0 N–H and O–H groups in total. The van der Waals surface area contributed by atoms with Crippen molar-refractivity contribution >= 4 is 29.3 Å². The first-order chi connectivity index (χ1) is 15.1. The molecule has 2 aromatic rings. The molecule has 0 saturated carbocycles. The lowest BCUT2D eigenvalue weighted by Crippen LogP contribution is -2.64. The number of imide groups is 1. The Morgan fingerprint density at radius 1 is 1.03 bits per heavy atom. The molecule has 1 fully saturated rings. The van der Waals surface area contributed by atoms with E-state index in [1.165, 1.54) is 9.80 Å². The molecule has 3 heterocycles. The second-order valence-corrected chi connectivity index (χ2v) is 7.56. The number of ether oxygens (including phenoxy) is 1. The van der Waals surface area contributed by atoms with E-state index in [4.69, 9.17) is 9.73 Å². The summed E-state index contributed by atoms with van der Waals surface area (Å²) in [6.07, 6.45) is 1.37. The third-order valence-electron chi connectivity index (χ3n) is 5.92. The summed E-state index contributed by atoms with van der Waals surface area (Å²) < 4.78 is 5.62. The molecular weight excluding hydrogens is 394 g/mol. The zero-order chi connectivity index (χ0) is 21.7. The number of nitrogens with zero attached hydrogens (tertiary/aromatic N) is 5. The molecule has 0 radical (unpaired) electrons. The summed E-state index contributed by atoms with van der Waals surface area (Å²) in [7, 11) is 3.32. The van der Waals surface area contributed by atoms with Crippen molar-refractivity contribution in [2.45, 2.75) is 19.1 Å². The lowest BCUT2D eigenvalue weighted by molar-refractivity contribution is -0.136. The van der Waals surface area contributed by atoms with E-state index in [2.05, 4.69) is 0 Å². The Kier molecular flexibility index (Phi) is 4.43. The molecule has 0 bridgehead atoms. The Labute approximate surface area is 180 Å². The van der Waals surface area contributed by atoms with E-state index in [0.29, 0.717) is 18.3 Å². The Hall–Kier alpha value is -3.81. The van der Waals surface area contributed by atoms with Gasteiger partial charge in [-0.2, -0.15) is 0 Å². The zero-order valence-electron chi connectivity index (χ0n) is 17.6. The first kappa shape index (κ1) is 19.2. The summed E-state index contributed by atoms with van der Waals surface area (Å²) in [6.45, 7) is 2.12. The maximum absolute atomic E-state index is 13.2. The minimum absolute atomic E-state index is 0.236. The standard InChI is InChI=1S/C23H23N5O3/c1-4-26-21(29)19-20(25(2)23(26)30)24-22-27(19)14-17(15-10-6-5-7-11-15)28(22)16-12-8-9-13-18(16)31-3/h5-14,19-20H,4H2,1-3H3. The van der Waals surface area contributed by atoms with Crippen LogP contribution in [0.1, 0.15) is 12.5 Å². The van der Waals surface area contributed by atoms with Gasteiger partial charge in [0.1, 0.15) is 5.75 Å². The Balaban J connectivity index is 1.67. The number of rotatable bonds is 4. The SMILES string of the molecule is CCN1C(=O)C2C(N=C3N(c4ccccc4OC)C(c4ccccc4)=CN32)N(C)C1=O. The summed E-state index contributed by atoms with van der Waals surface area (Å²) in [5.41, 5.74) is 2.69. The van der Waals surface area contributed by atoms with Crippen LogP contribution in [0.3, 0.4) is 0 Å². The molecule has 8 nitrogen and oxygen atoms in total. The van der Waals surface area contributed by atoms with E-state index in [0.717, 1.165) is 16.9 Å². The lowest BCUT2D eigenvalue weighted by atomic mass is 10.1. The summed E-state index contributed by atoms with van der Waals surface area (Å²) in [6, 6.07) is 16.7. The molecule has 0 aliphatic carbocycles. The number of methoxy groups -OCH3 is 1. The maximum atomic E-state index is 13.2. The van der Waals surface area contributed by atoms with Crippen LogP contribution in [0.15, 0.2) is 65.8 Å². The number of benzene rings is 2. The molecular formula is C23H23N5O3. The number of urea groups is 1. The van der Waals surface area contributed by atoms with Gasteiger partial charge in [0.15, 0.2) is 12.2 Å². The summed E-state index contributed by atoms with van der Waals surface area (Å²) in [5.74, 6) is 1.05. The normalized spacial score (nSPS) is 22.4. The highest BCUT2D eigenvalue weighted by Crippen LogP contribution is 2.42. The zero-order valence-corrected chi connectivity index (χ0v) is 17.6. The van der Waals surface area contributed by atoms with Gasteiger partial charge in [-0.3, -0.25) is 19.5 Å². The van der Waals surface area contributed by atoms with Gasteiger partial charge in [0.05, 0.1) is 18.5 Å². The lowest BCUT2D eigenvalue weighted by Gasteiger charge is -2.39. The van der Waals surface area contributed by atoms with Gasteiger partial charge in [-0.15, -0.1) is 0 Å². The Morgan fingerprint density at radius 3 is 2.45 bits per heavy atom. The fourth-order valence-corrected chi connectivity index (χ4v) is 4.39. The summed E-state index contributed by atoms with van der Waals surface area (Å²) in [5, 5.41) is 0. The van der Waals surface area contributed by atoms with Gasteiger partial charge in [-0.05, 0) is 19.1 Å². The van der Waals surface area contributed by atoms with Crippen molar-refractivity contribution in [2.24, 2.45) is 4.99 Å². The number of guanidine groups is 1. The highest BCUT2D eigenvalue weighted by atomic mass is 16.5. The highest BCUT2D eigenvalue weighted by molar-refractivity contribution is 6.16. The van der Waals surface area contributed by atoms with Crippen LogP contribution in [0.2, 0.25) is 0 Å². The first-order valence-corrected chi connectivity index (χ1v) is 10.2. The van der Waals surface area contributed by atoms with E-state index in [1.54, 1.807) is 21.1 Å². The number of hydrogen-bond donors (Lipinski definition) is 0. The van der Waals surface area contributed by atoms with Gasteiger partial charge >= 0.3 is 6.03 Å². The van der Waals surface area contributed by atoms with Crippen molar-refractivity contribution < 1.29 is 14.3 Å².